The average molecular weight is 300 g/mol. The van der Waals surface area contributed by atoms with Crippen LogP contribution >= 0.6 is 11.3 Å². The first-order valence-corrected chi connectivity index (χ1v) is 8.35. The minimum atomic E-state index is 0.0649. The molecule has 110 valence electrons. The third kappa shape index (κ3) is 3.50. The minimum absolute atomic E-state index is 0.0649. The Labute approximate surface area is 129 Å². The number of hydrogen-bond acceptors (Lipinski definition) is 3. The van der Waals surface area contributed by atoms with E-state index < -0.39 is 0 Å². The lowest BCUT2D eigenvalue weighted by Gasteiger charge is -2.32. The zero-order chi connectivity index (χ0) is 14.7. The third-order valence-corrected chi connectivity index (χ3v) is 4.82. The van der Waals surface area contributed by atoms with Gasteiger partial charge in [0.1, 0.15) is 5.69 Å². The number of hydrogen-bond donors (Lipinski definition) is 0. The Morgan fingerprint density at radius 2 is 2.10 bits per heavy atom. The Balaban J connectivity index is 1.76. The van der Waals surface area contributed by atoms with Gasteiger partial charge in [0, 0.05) is 18.5 Å². The highest BCUT2D eigenvalue weighted by Gasteiger charge is 2.25. The summed E-state index contributed by atoms with van der Waals surface area (Å²) in [6, 6.07) is 10.2. The van der Waals surface area contributed by atoms with Gasteiger partial charge in [-0.3, -0.25) is 4.79 Å². The van der Waals surface area contributed by atoms with E-state index in [0.717, 1.165) is 11.6 Å². The molecule has 1 heterocycles. The SMILES string of the molecule is Cc1nc(C(=O)N(Cc2ccccc2)CC2CCC2)cs1. The third-order valence-electron chi connectivity index (χ3n) is 4.04. The molecule has 1 aliphatic carbocycles. The van der Waals surface area contributed by atoms with Gasteiger partial charge in [0.05, 0.1) is 5.01 Å². The molecule has 0 atom stereocenters. The fourth-order valence-corrected chi connectivity index (χ4v) is 3.22. The number of nitrogens with zero attached hydrogens (tertiary/aromatic N) is 2. The van der Waals surface area contributed by atoms with Gasteiger partial charge in [0.15, 0.2) is 0 Å². The Kier molecular flexibility index (Phi) is 4.34. The van der Waals surface area contributed by atoms with Gasteiger partial charge in [-0.1, -0.05) is 36.8 Å². The lowest BCUT2D eigenvalue weighted by atomic mass is 9.85. The molecule has 0 bridgehead atoms. The molecule has 1 saturated carbocycles. The molecule has 1 aliphatic rings. The first-order valence-electron chi connectivity index (χ1n) is 7.47. The normalized spacial score (nSPS) is 14.7. The number of carbonyl (C=O) groups excluding carboxylic acids is 1. The summed E-state index contributed by atoms with van der Waals surface area (Å²) in [6.45, 7) is 3.46. The van der Waals surface area contributed by atoms with Crippen LogP contribution in [0.1, 0.15) is 40.3 Å². The number of aryl methyl sites for hydroxylation is 1. The molecule has 1 fully saturated rings. The van der Waals surface area contributed by atoms with E-state index in [-0.39, 0.29) is 5.91 Å². The molecule has 0 saturated heterocycles. The van der Waals surface area contributed by atoms with Gasteiger partial charge in [-0.15, -0.1) is 11.3 Å². The summed E-state index contributed by atoms with van der Waals surface area (Å²) in [5.41, 5.74) is 1.77. The predicted molar refractivity (Wildman–Crippen MR) is 85.4 cm³/mol. The second-order valence-corrected chi connectivity index (χ2v) is 6.78. The molecule has 4 heteroatoms. The second-order valence-electron chi connectivity index (χ2n) is 5.72. The number of thiazole rings is 1. The monoisotopic (exact) mass is 300 g/mol. The maximum absolute atomic E-state index is 12.7. The van der Waals surface area contributed by atoms with Crippen molar-refractivity contribution in [2.24, 2.45) is 5.92 Å². The molecule has 0 unspecified atom stereocenters. The minimum Gasteiger partial charge on any atom is -0.333 e. The van der Waals surface area contributed by atoms with Crippen molar-refractivity contribution >= 4 is 17.2 Å². The van der Waals surface area contributed by atoms with Crippen molar-refractivity contribution in [1.82, 2.24) is 9.88 Å². The van der Waals surface area contributed by atoms with E-state index in [0.29, 0.717) is 18.2 Å². The number of benzene rings is 1. The van der Waals surface area contributed by atoms with Crippen LogP contribution in [0.25, 0.3) is 0 Å². The molecule has 1 amide bonds. The molecule has 0 spiro atoms. The van der Waals surface area contributed by atoms with Crippen LogP contribution in [-0.4, -0.2) is 22.3 Å². The fourth-order valence-electron chi connectivity index (χ4n) is 2.63. The zero-order valence-electron chi connectivity index (χ0n) is 12.3. The van der Waals surface area contributed by atoms with Gasteiger partial charge in [0.2, 0.25) is 0 Å². The van der Waals surface area contributed by atoms with Gasteiger partial charge in [-0.25, -0.2) is 4.98 Å². The standard InChI is InChI=1S/C17H20N2OS/c1-13-18-16(12-21-13)17(20)19(11-15-8-5-9-15)10-14-6-3-2-4-7-14/h2-4,6-7,12,15H,5,8-11H2,1H3. The van der Waals surface area contributed by atoms with Crippen molar-refractivity contribution in [2.75, 3.05) is 6.54 Å². The van der Waals surface area contributed by atoms with Crippen LogP contribution in [0.3, 0.4) is 0 Å². The Morgan fingerprint density at radius 3 is 2.67 bits per heavy atom. The lowest BCUT2D eigenvalue weighted by Crippen LogP contribution is -2.37. The summed E-state index contributed by atoms with van der Waals surface area (Å²) >= 11 is 1.54. The molecule has 2 aromatic rings. The molecular formula is C17H20N2OS. The van der Waals surface area contributed by atoms with Crippen LogP contribution in [0.2, 0.25) is 0 Å². The molecule has 3 nitrogen and oxygen atoms in total. The molecule has 1 aromatic carbocycles. The van der Waals surface area contributed by atoms with Gasteiger partial charge in [0.25, 0.3) is 5.91 Å². The summed E-state index contributed by atoms with van der Waals surface area (Å²) in [7, 11) is 0. The van der Waals surface area contributed by atoms with Crippen LogP contribution < -0.4 is 0 Å². The Bertz CT molecular complexity index is 604. The maximum atomic E-state index is 12.7. The highest BCUT2D eigenvalue weighted by molar-refractivity contribution is 7.09. The highest BCUT2D eigenvalue weighted by Crippen LogP contribution is 2.28. The van der Waals surface area contributed by atoms with E-state index >= 15 is 0 Å². The van der Waals surface area contributed by atoms with Crippen molar-refractivity contribution in [1.29, 1.82) is 0 Å². The first kappa shape index (κ1) is 14.3. The van der Waals surface area contributed by atoms with E-state index in [4.69, 9.17) is 0 Å². The highest BCUT2D eigenvalue weighted by atomic mass is 32.1. The predicted octanol–water partition coefficient (Wildman–Crippen LogP) is 3.89. The van der Waals surface area contributed by atoms with Crippen LogP contribution in [0.5, 0.6) is 0 Å². The number of aromatic nitrogens is 1. The van der Waals surface area contributed by atoms with Gasteiger partial charge >= 0.3 is 0 Å². The molecule has 1 aromatic heterocycles. The van der Waals surface area contributed by atoms with Crippen molar-refractivity contribution in [3.05, 3.63) is 52.0 Å². The molecule has 3 rings (SSSR count). The smallest absolute Gasteiger partial charge is 0.273 e. The molecule has 0 aliphatic heterocycles. The summed E-state index contributed by atoms with van der Waals surface area (Å²) in [5, 5.41) is 2.82. The van der Waals surface area contributed by atoms with E-state index in [2.05, 4.69) is 17.1 Å². The van der Waals surface area contributed by atoms with Crippen molar-refractivity contribution in [3.8, 4) is 0 Å². The van der Waals surface area contributed by atoms with E-state index in [1.54, 1.807) is 0 Å². The molecule has 0 N–H and O–H groups in total. The number of rotatable bonds is 5. The average Bonchev–Trinajstić information content (AvgIpc) is 2.88. The van der Waals surface area contributed by atoms with Gasteiger partial charge in [-0.2, -0.15) is 0 Å². The van der Waals surface area contributed by atoms with Crippen LogP contribution in [-0.2, 0) is 6.54 Å². The van der Waals surface area contributed by atoms with E-state index in [1.165, 1.54) is 36.2 Å². The Hall–Kier alpha value is -1.68. The maximum Gasteiger partial charge on any atom is 0.273 e. The molecular weight excluding hydrogens is 280 g/mol. The summed E-state index contributed by atoms with van der Waals surface area (Å²) < 4.78 is 0. The van der Waals surface area contributed by atoms with Crippen molar-refractivity contribution in [2.45, 2.75) is 32.7 Å². The molecule has 0 radical (unpaired) electrons. The zero-order valence-corrected chi connectivity index (χ0v) is 13.1. The molecule has 21 heavy (non-hydrogen) atoms. The van der Waals surface area contributed by atoms with Crippen LogP contribution in [0.4, 0.5) is 0 Å². The van der Waals surface area contributed by atoms with Crippen molar-refractivity contribution < 1.29 is 4.79 Å². The van der Waals surface area contributed by atoms with Gasteiger partial charge in [-0.05, 0) is 31.2 Å². The van der Waals surface area contributed by atoms with E-state index in [1.807, 2.05) is 35.4 Å². The van der Waals surface area contributed by atoms with Crippen molar-refractivity contribution in [3.63, 3.8) is 0 Å². The largest absolute Gasteiger partial charge is 0.333 e. The summed E-state index contributed by atoms with van der Waals surface area (Å²) in [6.07, 6.45) is 3.79. The second kappa shape index (κ2) is 6.39. The number of carbonyl (C=O) groups is 1. The fraction of sp³-hybridized carbons (Fsp3) is 0.412. The van der Waals surface area contributed by atoms with Gasteiger partial charge < -0.3 is 4.90 Å². The van der Waals surface area contributed by atoms with Crippen LogP contribution in [0, 0.1) is 12.8 Å². The summed E-state index contributed by atoms with van der Waals surface area (Å²) in [4.78, 5) is 19.0. The Morgan fingerprint density at radius 1 is 1.33 bits per heavy atom. The number of amides is 1. The summed E-state index contributed by atoms with van der Waals surface area (Å²) in [5.74, 6) is 0.729. The van der Waals surface area contributed by atoms with Crippen LogP contribution in [0.15, 0.2) is 35.7 Å². The topological polar surface area (TPSA) is 33.2 Å². The lowest BCUT2D eigenvalue weighted by molar-refractivity contribution is 0.0674. The first-order chi connectivity index (χ1) is 10.2. The van der Waals surface area contributed by atoms with E-state index in [9.17, 15) is 4.79 Å². The quantitative estimate of drug-likeness (QED) is 0.839.